The molecule has 0 unspecified atom stereocenters. The van der Waals surface area contributed by atoms with Crippen LogP contribution in [-0.4, -0.2) is 61.1 Å². The van der Waals surface area contributed by atoms with Crippen LogP contribution in [0, 0.1) is 0 Å². The molecule has 0 saturated carbocycles. The van der Waals surface area contributed by atoms with Crippen molar-refractivity contribution < 1.29 is 28.4 Å². The van der Waals surface area contributed by atoms with Crippen LogP contribution in [0.25, 0.3) is 0 Å². The van der Waals surface area contributed by atoms with Crippen LogP contribution in [0.3, 0.4) is 0 Å². The Morgan fingerprint density at radius 2 is 0.455 bits per heavy atom. The van der Waals surface area contributed by atoms with Gasteiger partial charge in [-0.05, 0) is 94.8 Å². The monoisotopic (exact) mass is 1230 g/mol. The molecule has 480 valence electrons. The summed E-state index contributed by atoms with van der Waals surface area (Å²) in [7, 11) is 0. The zero-order valence-corrected chi connectivity index (χ0v) is 58.4. The maximum Gasteiger partial charge on any atom is 0.140 e. The minimum atomic E-state index is 0.820. The first-order valence-corrected chi connectivity index (χ1v) is 35.1. The Balaban J connectivity index is 0.000000486. The van der Waals surface area contributed by atoms with Gasteiger partial charge >= 0.3 is 0 Å². The third-order valence-electron chi connectivity index (χ3n) is 12.6. The lowest BCUT2D eigenvalue weighted by atomic mass is 10.2. The summed E-state index contributed by atoms with van der Waals surface area (Å²) in [6.45, 7) is 37.1. The standard InChI is InChI=1S/4C8H8O.2C8H8S.2C7H7NO.8C2H6/c6*1-2-4-8-7(3-1)5-6-9-8;2*1-3-8-5-7-6(1)2-4-9-7;8*1-2/h6*1-4H,5-6H2;2*1,3,5H,2,4H2;8*1-2H3. The molecule has 0 N–H and O–H groups in total. The largest absolute Gasteiger partial charge is 0.493 e. The number of aromatic nitrogens is 2. The fourth-order valence-electron chi connectivity index (χ4n) is 8.77. The van der Waals surface area contributed by atoms with Gasteiger partial charge in [-0.25, -0.2) is 0 Å². The van der Waals surface area contributed by atoms with Crippen LogP contribution >= 0.6 is 23.5 Å². The van der Waals surface area contributed by atoms with Gasteiger partial charge < -0.3 is 28.4 Å². The van der Waals surface area contributed by atoms with Crippen LogP contribution in [0.4, 0.5) is 0 Å². The van der Waals surface area contributed by atoms with Gasteiger partial charge in [0.15, 0.2) is 0 Å². The Morgan fingerprint density at radius 3 is 0.693 bits per heavy atom. The summed E-state index contributed by atoms with van der Waals surface area (Å²) >= 11 is 3.94. The molecule has 8 aliphatic heterocycles. The van der Waals surface area contributed by atoms with Crippen LogP contribution in [0.1, 0.15) is 155 Å². The Labute approximate surface area is 543 Å². The van der Waals surface area contributed by atoms with E-state index in [4.69, 9.17) is 28.4 Å². The van der Waals surface area contributed by atoms with E-state index in [-0.39, 0.29) is 0 Å². The molecule has 10 heteroatoms. The van der Waals surface area contributed by atoms with Gasteiger partial charge in [0.25, 0.3) is 0 Å². The lowest BCUT2D eigenvalue weighted by molar-refractivity contribution is 0.355. The summed E-state index contributed by atoms with van der Waals surface area (Å²) < 4.78 is 31.7. The first-order valence-electron chi connectivity index (χ1n) is 33.1. The number of aryl methyl sites for hydroxylation is 2. The number of thioether (sulfide) groups is 2. The first-order chi connectivity index (χ1) is 43.7. The number of nitrogens with zero attached hydrogens (tertiary/aromatic N) is 2. The van der Waals surface area contributed by atoms with Crippen molar-refractivity contribution in [2.24, 2.45) is 0 Å². The summed E-state index contributed by atoms with van der Waals surface area (Å²) in [5.41, 5.74) is 11.0. The molecular weight excluding hydrogens is 1120 g/mol. The highest BCUT2D eigenvalue weighted by Gasteiger charge is 2.14. The number of hydrogen-bond acceptors (Lipinski definition) is 10. The van der Waals surface area contributed by atoms with Gasteiger partial charge in [-0.3, -0.25) is 9.97 Å². The zero-order valence-electron chi connectivity index (χ0n) is 56.8. The van der Waals surface area contributed by atoms with Crippen LogP contribution in [0.5, 0.6) is 34.5 Å². The molecule has 2 aromatic heterocycles. The maximum absolute atomic E-state index is 5.30. The molecule has 0 spiro atoms. The zero-order chi connectivity index (χ0) is 64.8. The quantitative estimate of drug-likeness (QED) is 0.146. The Kier molecular flexibility index (Phi) is 47.8. The number of fused-ring (bicyclic) bond motifs is 8. The average molecular weight is 1240 g/mol. The Morgan fingerprint density at radius 1 is 0.239 bits per heavy atom. The second-order valence-electron chi connectivity index (χ2n) is 17.4. The minimum Gasteiger partial charge on any atom is -0.493 e. The normalized spacial score (nSPS) is 12.7. The molecule has 0 amide bonds. The van der Waals surface area contributed by atoms with E-state index in [1.54, 1.807) is 24.8 Å². The summed E-state index contributed by atoms with van der Waals surface area (Å²) in [4.78, 5) is 10.8. The van der Waals surface area contributed by atoms with E-state index >= 15 is 0 Å². The number of hydrogen-bond donors (Lipinski definition) is 0. The highest BCUT2D eigenvalue weighted by Crippen LogP contribution is 2.32. The second kappa shape index (κ2) is 53.2. The fraction of sp³-hybridized carbons (Fsp3) is 0.410. The molecule has 8 aliphatic rings. The van der Waals surface area contributed by atoms with Crippen molar-refractivity contribution in [1.29, 1.82) is 0 Å². The van der Waals surface area contributed by atoms with Gasteiger partial charge in [-0.15, -0.1) is 23.5 Å². The van der Waals surface area contributed by atoms with E-state index in [2.05, 4.69) is 82.8 Å². The predicted molar refractivity (Wildman–Crippen MR) is 382 cm³/mol. The average Bonchev–Trinajstić information content (AvgIpc) is 4.51. The molecule has 0 atom stereocenters. The molecule has 10 heterocycles. The first kappa shape index (κ1) is 79.1. The van der Waals surface area contributed by atoms with Crippen molar-refractivity contribution in [2.75, 3.05) is 51.1 Å². The number of benzene rings is 6. The SMILES string of the molecule is CC.CC.CC.CC.CC.CC.CC.CC.c1cc2c(cn1)OCC2.c1cc2c(cn1)OCC2.c1ccc2c(c1)CCO2.c1ccc2c(c1)CCO2.c1ccc2c(c1)CCO2.c1ccc2c(c1)CCO2.c1ccc2c(c1)CCS2.c1ccc2c(c1)CCS2. The predicted octanol–water partition coefficient (Wildman–Crippen LogP) is 21.4. The smallest absolute Gasteiger partial charge is 0.140 e. The maximum atomic E-state index is 5.30. The second-order valence-corrected chi connectivity index (χ2v) is 19.7. The van der Waals surface area contributed by atoms with Crippen molar-refractivity contribution in [3.05, 3.63) is 227 Å². The molecule has 0 saturated heterocycles. The summed E-state index contributed by atoms with van der Waals surface area (Å²) in [5, 5.41) is 0. The topological polar surface area (TPSA) is 81.2 Å². The Hall–Kier alpha value is -6.88. The van der Waals surface area contributed by atoms with Crippen LogP contribution < -0.4 is 28.4 Å². The van der Waals surface area contributed by atoms with Crippen molar-refractivity contribution >= 4 is 23.5 Å². The molecule has 8 aromatic rings. The Bertz CT molecular complexity index is 2170. The molecule has 8 nitrogen and oxygen atoms in total. The number of ether oxygens (including phenoxy) is 6. The van der Waals surface area contributed by atoms with E-state index in [9.17, 15) is 0 Å². The molecule has 0 fully saturated rings. The molecule has 16 rings (SSSR count). The third kappa shape index (κ3) is 29.0. The van der Waals surface area contributed by atoms with Crippen LogP contribution in [0.15, 0.2) is 192 Å². The van der Waals surface area contributed by atoms with Gasteiger partial charge in [0.1, 0.15) is 34.5 Å². The summed E-state index contributed by atoms with van der Waals surface area (Å²) in [5.74, 6) is 8.73. The van der Waals surface area contributed by atoms with Gasteiger partial charge in [0.2, 0.25) is 0 Å². The van der Waals surface area contributed by atoms with Gasteiger partial charge in [-0.2, -0.15) is 0 Å². The molecule has 0 bridgehead atoms. The van der Waals surface area contributed by atoms with Crippen molar-refractivity contribution in [3.63, 3.8) is 0 Å². The van der Waals surface area contributed by atoms with Gasteiger partial charge in [0, 0.05) is 83.3 Å². The van der Waals surface area contributed by atoms with Crippen molar-refractivity contribution in [3.8, 4) is 34.5 Å². The molecule has 0 aliphatic carbocycles. The number of para-hydroxylation sites is 4. The third-order valence-corrected chi connectivity index (χ3v) is 14.8. The highest BCUT2D eigenvalue weighted by molar-refractivity contribution is 7.99. The fourth-order valence-corrected chi connectivity index (χ4v) is 10.9. The summed E-state index contributed by atoms with van der Waals surface area (Å²) in [6.07, 6.45) is 16.1. The highest BCUT2D eigenvalue weighted by atomic mass is 32.2. The number of rotatable bonds is 0. The number of pyridine rings is 2. The van der Waals surface area contributed by atoms with E-state index in [0.717, 1.165) is 113 Å². The van der Waals surface area contributed by atoms with Crippen molar-refractivity contribution in [1.82, 2.24) is 9.97 Å². The van der Waals surface area contributed by atoms with E-state index < -0.39 is 0 Å². The lowest BCUT2D eigenvalue weighted by Crippen LogP contribution is -1.85. The molecule has 88 heavy (non-hydrogen) atoms. The molecule has 6 aromatic carbocycles. The van der Waals surface area contributed by atoms with Crippen LogP contribution in [0.2, 0.25) is 0 Å². The minimum absolute atomic E-state index is 0.820. The van der Waals surface area contributed by atoms with Crippen LogP contribution in [-0.2, 0) is 51.4 Å². The van der Waals surface area contributed by atoms with E-state index in [1.807, 2.05) is 219 Å². The van der Waals surface area contributed by atoms with E-state index in [1.165, 1.54) is 78.6 Å². The molecule has 0 radical (unpaired) electrons. The van der Waals surface area contributed by atoms with Gasteiger partial charge in [0.05, 0.1) is 52.0 Å². The van der Waals surface area contributed by atoms with E-state index in [0.29, 0.717) is 0 Å². The van der Waals surface area contributed by atoms with Crippen molar-refractivity contribution in [2.45, 2.75) is 172 Å². The lowest BCUT2D eigenvalue weighted by Gasteiger charge is -1.93. The van der Waals surface area contributed by atoms with Gasteiger partial charge in [-0.1, -0.05) is 220 Å². The molecular formula is C78H110N2O6S2. The summed E-state index contributed by atoms with van der Waals surface area (Å²) in [6, 6.07) is 54.0.